The Morgan fingerprint density at radius 2 is 1.90 bits per heavy atom. The highest BCUT2D eigenvalue weighted by atomic mass is 32.2. The van der Waals surface area contributed by atoms with Crippen molar-refractivity contribution in [1.29, 1.82) is 0 Å². The van der Waals surface area contributed by atoms with Crippen molar-refractivity contribution >= 4 is 50.0 Å². The number of aromatic nitrogens is 2. The Hall–Kier alpha value is -4.34. The smallest absolute Gasteiger partial charge is 0.259 e. The van der Waals surface area contributed by atoms with E-state index in [1.165, 1.54) is 22.3 Å². The summed E-state index contributed by atoms with van der Waals surface area (Å²) in [5.74, 6) is -1.72. The fourth-order valence-electron chi connectivity index (χ4n) is 6.75. The fraction of sp³-hybridized carbons (Fsp3) is 0.486. The predicted molar refractivity (Wildman–Crippen MR) is 199 cm³/mol. The van der Waals surface area contributed by atoms with Crippen LogP contribution in [0.15, 0.2) is 48.4 Å². The molecular weight excluding hydrogens is 705 g/mol. The second-order valence-corrected chi connectivity index (χ2v) is 17.3. The molecule has 1 aliphatic heterocycles. The largest absolute Gasteiger partial charge is 0.496 e. The summed E-state index contributed by atoms with van der Waals surface area (Å²) in [6.45, 7) is 17.1. The molecule has 0 bridgehead atoms. The molecule has 4 N–H and O–H groups in total. The van der Waals surface area contributed by atoms with E-state index >= 15 is 0 Å². The third-order valence-electron chi connectivity index (χ3n) is 10.4. The normalized spacial score (nSPS) is 24.7. The molecule has 3 aromatic rings. The highest BCUT2D eigenvalue weighted by Gasteiger charge is 2.62. The van der Waals surface area contributed by atoms with E-state index < -0.39 is 68.6 Å². The molecule has 0 spiro atoms. The summed E-state index contributed by atoms with van der Waals surface area (Å²) in [6.07, 6.45) is 1.92. The summed E-state index contributed by atoms with van der Waals surface area (Å²) in [6, 6.07) is 3.32. The number of likely N-dealkylation sites (tertiary alicyclic amines) is 1. The van der Waals surface area contributed by atoms with Gasteiger partial charge in [-0.15, -0.1) is 17.9 Å². The van der Waals surface area contributed by atoms with Crippen LogP contribution in [0.25, 0.3) is 21.6 Å². The first kappa shape index (κ1) is 37.4. The number of thiazole rings is 1. The molecule has 2 saturated carbocycles. The molecule has 3 fully saturated rings. The maximum atomic E-state index is 14.3. The molecule has 6 rings (SSSR count). The van der Waals surface area contributed by atoms with Crippen molar-refractivity contribution in [2.24, 2.45) is 17.6 Å². The van der Waals surface area contributed by atoms with Crippen molar-refractivity contribution in [1.82, 2.24) is 24.9 Å². The lowest BCUT2D eigenvalue weighted by Crippen LogP contribution is -2.58. The zero-order valence-corrected chi connectivity index (χ0v) is 31.9. The molecule has 0 unspecified atom stereocenters. The van der Waals surface area contributed by atoms with E-state index in [-0.39, 0.29) is 18.9 Å². The van der Waals surface area contributed by atoms with Crippen molar-refractivity contribution in [2.45, 2.75) is 88.8 Å². The van der Waals surface area contributed by atoms with Crippen LogP contribution in [0.2, 0.25) is 0 Å². The van der Waals surface area contributed by atoms with Gasteiger partial charge in [-0.25, -0.2) is 18.4 Å². The molecule has 1 aromatic carbocycles. The molecule has 3 heterocycles. The Kier molecular flexibility index (Phi) is 10.0. The van der Waals surface area contributed by atoms with Crippen molar-refractivity contribution < 1.29 is 32.3 Å². The van der Waals surface area contributed by atoms with E-state index in [0.29, 0.717) is 51.5 Å². The molecule has 15 heteroatoms. The number of aryl methyl sites for hydroxylation is 1. The standard InChI is InChI=1S/C37H46N6O7S2/c1-9-22-15-37(22,36(46)42-52(47,48)23-10-11-23)41-33(44)32-21(7)29(16-43(32)35(45)30(38)19(4)5)50-28-14-25(34-40-26(17-51-34)18(2)3)39-31-20(6)27(49-8)13-12-24(28)31/h9,12-14,17-18,21-23,29-30,32H,1,4,10-11,15-16,38H2,2-3,5-8H3,(H,41,44)(H,42,46)/t21-,22-,29+,30+,32+,37-/m1/s1. The third kappa shape index (κ3) is 6.81. The van der Waals surface area contributed by atoms with E-state index in [0.717, 1.165) is 11.3 Å². The van der Waals surface area contributed by atoms with Crippen LogP contribution in [0.4, 0.5) is 0 Å². The van der Waals surface area contributed by atoms with Crippen LogP contribution < -0.4 is 25.2 Å². The number of rotatable bonds is 13. The Morgan fingerprint density at radius 3 is 2.48 bits per heavy atom. The van der Waals surface area contributed by atoms with E-state index in [1.54, 1.807) is 21.0 Å². The van der Waals surface area contributed by atoms with Gasteiger partial charge in [-0.3, -0.25) is 19.1 Å². The zero-order chi connectivity index (χ0) is 37.9. The first-order chi connectivity index (χ1) is 24.5. The molecule has 1 saturated heterocycles. The van der Waals surface area contributed by atoms with Gasteiger partial charge in [0.1, 0.15) is 45.9 Å². The minimum atomic E-state index is -3.88. The SMILES string of the molecule is C=C[C@@H]1C[C@]1(NC(=O)[C@@H]1[C@H](C)[C@@H](Oc2cc(-c3nc(C(C)C)cs3)nc3c(C)c(OC)ccc23)CN1C(=O)[C@@H](N)C(=C)C)C(=O)NS(=O)(=O)C1CC1. The Labute approximate surface area is 308 Å². The van der Waals surface area contributed by atoms with Gasteiger partial charge in [0.2, 0.25) is 21.8 Å². The van der Waals surface area contributed by atoms with Crippen LogP contribution in [0, 0.1) is 18.8 Å². The number of amides is 3. The average molecular weight is 751 g/mol. The predicted octanol–water partition coefficient (Wildman–Crippen LogP) is 3.97. The molecular formula is C37H46N6O7S2. The van der Waals surface area contributed by atoms with Gasteiger partial charge in [0, 0.05) is 34.2 Å². The number of carbonyl (C=O) groups is 3. The second kappa shape index (κ2) is 13.9. The van der Waals surface area contributed by atoms with Gasteiger partial charge in [0.25, 0.3) is 5.91 Å². The maximum absolute atomic E-state index is 14.3. The molecule has 0 radical (unpaired) electrons. The number of nitrogens with zero attached hydrogens (tertiary/aromatic N) is 3. The first-order valence-electron chi connectivity index (χ1n) is 17.4. The molecule has 52 heavy (non-hydrogen) atoms. The van der Waals surface area contributed by atoms with Gasteiger partial charge in [-0.1, -0.05) is 39.0 Å². The number of hydrogen-bond acceptors (Lipinski definition) is 11. The van der Waals surface area contributed by atoms with E-state index in [9.17, 15) is 22.8 Å². The summed E-state index contributed by atoms with van der Waals surface area (Å²) in [5, 5.41) is 5.62. The van der Waals surface area contributed by atoms with Gasteiger partial charge >= 0.3 is 0 Å². The number of methoxy groups -OCH3 is 1. The quantitative estimate of drug-likeness (QED) is 0.216. The summed E-state index contributed by atoms with van der Waals surface area (Å²) in [7, 11) is -2.29. The Bertz CT molecular complexity index is 2080. The summed E-state index contributed by atoms with van der Waals surface area (Å²) in [4.78, 5) is 52.8. The topological polar surface area (TPSA) is 183 Å². The molecule has 2 aliphatic carbocycles. The van der Waals surface area contributed by atoms with Crippen LogP contribution >= 0.6 is 11.3 Å². The highest BCUT2D eigenvalue weighted by Crippen LogP contribution is 2.46. The van der Waals surface area contributed by atoms with Crippen LogP contribution in [-0.2, 0) is 24.4 Å². The minimum absolute atomic E-state index is 0.00223. The Balaban J connectivity index is 1.35. The molecule has 278 valence electrons. The number of carbonyl (C=O) groups excluding carboxylic acids is 3. The van der Waals surface area contributed by atoms with Crippen LogP contribution in [0.3, 0.4) is 0 Å². The van der Waals surface area contributed by atoms with Crippen molar-refractivity contribution in [3.63, 3.8) is 0 Å². The molecule has 2 aromatic heterocycles. The molecule has 13 nitrogen and oxygen atoms in total. The van der Waals surface area contributed by atoms with E-state index in [2.05, 4.69) is 37.0 Å². The maximum Gasteiger partial charge on any atom is 0.259 e. The lowest BCUT2D eigenvalue weighted by atomic mass is 9.98. The monoisotopic (exact) mass is 750 g/mol. The zero-order valence-electron chi connectivity index (χ0n) is 30.3. The van der Waals surface area contributed by atoms with Gasteiger partial charge in [-0.05, 0) is 51.2 Å². The number of fused-ring (bicyclic) bond motifs is 1. The Morgan fingerprint density at radius 1 is 1.19 bits per heavy atom. The summed E-state index contributed by atoms with van der Waals surface area (Å²) in [5.41, 5.74) is 8.17. The molecule has 6 atom stereocenters. The number of ether oxygens (including phenoxy) is 2. The summed E-state index contributed by atoms with van der Waals surface area (Å²) < 4.78 is 39.9. The van der Waals surface area contributed by atoms with Gasteiger partial charge in [0.05, 0.1) is 30.1 Å². The third-order valence-corrected chi connectivity index (χ3v) is 13.1. The van der Waals surface area contributed by atoms with Gasteiger partial charge in [0.15, 0.2) is 0 Å². The number of hydrogen-bond donors (Lipinski definition) is 3. The number of sulfonamides is 1. The number of nitrogens with two attached hydrogens (primary N) is 1. The van der Waals surface area contributed by atoms with Gasteiger partial charge < -0.3 is 25.4 Å². The van der Waals surface area contributed by atoms with Crippen LogP contribution in [0.5, 0.6) is 11.5 Å². The number of nitrogens with one attached hydrogen (secondary N) is 2. The number of benzene rings is 1. The summed E-state index contributed by atoms with van der Waals surface area (Å²) >= 11 is 1.48. The van der Waals surface area contributed by atoms with Crippen molar-refractivity contribution in [3.05, 3.63) is 59.6 Å². The van der Waals surface area contributed by atoms with Crippen LogP contribution in [-0.4, -0.2) is 83.6 Å². The van der Waals surface area contributed by atoms with Crippen LogP contribution in [0.1, 0.15) is 64.1 Å². The molecule has 3 aliphatic rings. The van der Waals surface area contributed by atoms with Gasteiger partial charge in [-0.2, -0.15) is 0 Å². The van der Waals surface area contributed by atoms with Crippen molar-refractivity contribution in [2.75, 3.05) is 13.7 Å². The first-order valence-corrected chi connectivity index (χ1v) is 19.8. The lowest BCUT2D eigenvalue weighted by Gasteiger charge is -2.30. The second-order valence-electron chi connectivity index (χ2n) is 14.5. The van der Waals surface area contributed by atoms with E-state index in [1.807, 2.05) is 30.5 Å². The highest BCUT2D eigenvalue weighted by molar-refractivity contribution is 7.91. The van der Waals surface area contributed by atoms with E-state index in [4.69, 9.17) is 25.2 Å². The van der Waals surface area contributed by atoms with Crippen molar-refractivity contribution in [3.8, 4) is 22.2 Å². The number of pyridine rings is 1. The minimum Gasteiger partial charge on any atom is -0.496 e. The fourth-order valence-corrected chi connectivity index (χ4v) is 9.06. The lowest BCUT2D eigenvalue weighted by molar-refractivity contribution is -0.140. The average Bonchev–Trinajstić information content (AvgIpc) is 4.00. The molecule has 3 amide bonds.